The molecule has 38 heavy (non-hydrogen) atoms. The van der Waals surface area contributed by atoms with Crippen molar-refractivity contribution in [2.24, 2.45) is 5.92 Å². The Morgan fingerprint density at radius 1 is 1.24 bits per heavy atom. The molecule has 1 saturated heterocycles. The van der Waals surface area contributed by atoms with Gasteiger partial charge in [0, 0.05) is 30.9 Å². The number of likely N-dealkylation sites (tertiary alicyclic amines) is 1. The van der Waals surface area contributed by atoms with Gasteiger partial charge in [-0.3, -0.25) is 4.79 Å². The predicted molar refractivity (Wildman–Crippen MR) is 155 cm³/mol. The molecule has 7 heteroatoms. The van der Waals surface area contributed by atoms with Crippen molar-refractivity contribution in [3.63, 3.8) is 0 Å². The number of quaternary nitrogens is 1. The fourth-order valence-corrected chi connectivity index (χ4v) is 7.65. The molecular weight excluding hydrogens is 519 g/mol. The fourth-order valence-electron chi connectivity index (χ4n) is 7.33. The van der Waals surface area contributed by atoms with Crippen LogP contribution in [0.3, 0.4) is 0 Å². The van der Waals surface area contributed by atoms with Crippen LogP contribution in [0.2, 0.25) is 10.0 Å². The highest BCUT2D eigenvalue weighted by Gasteiger charge is 2.63. The van der Waals surface area contributed by atoms with Crippen LogP contribution >= 0.6 is 23.2 Å². The summed E-state index contributed by atoms with van der Waals surface area (Å²) in [5.74, 6) is 0.776. The van der Waals surface area contributed by atoms with Gasteiger partial charge in [0.05, 0.1) is 36.1 Å². The molecule has 1 unspecified atom stereocenters. The summed E-state index contributed by atoms with van der Waals surface area (Å²) < 4.78 is 7.51. The first-order valence-corrected chi connectivity index (χ1v) is 14.4. The van der Waals surface area contributed by atoms with E-state index in [4.69, 9.17) is 27.9 Å². The van der Waals surface area contributed by atoms with Crippen LogP contribution in [0.15, 0.2) is 55.1 Å². The Kier molecular flexibility index (Phi) is 8.83. The van der Waals surface area contributed by atoms with Gasteiger partial charge in [-0.25, -0.2) is 0 Å². The molecular formula is C31H41Cl2N2O3+. The van der Waals surface area contributed by atoms with Crippen molar-refractivity contribution in [3.05, 3.63) is 76.3 Å². The van der Waals surface area contributed by atoms with Crippen molar-refractivity contribution in [2.45, 2.75) is 63.0 Å². The summed E-state index contributed by atoms with van der Waals surface area (Å²) in [6, 6.07) is 13.0. The topological polar surface area (TPSA) is 58.6 Å². The molecule has 5 nitrogen and oxygen atoms in total. The van der Waals surface area contributed by atoms with Gasteiger partial charge in [0.25, 0.3) is 0 Å². The predicted octanol–water partition coefficient (Wildman–Crippen LogP) is 6.30. The number of carbonyl (C=O) groups excluding carboxylic acids is 1. The number of phenolic OH excluding ortho intramolecular Hbond substituents is 1. The van der Waals surface area contributed by atoms with E-state index in [2.05, 4.69) is 31.8 Å². The Balaban J connectivity index is 1.64. The number of hydrogen-bond acceptors (Lipinski definition) is 3. The number of carbonyl (C=O) groups is 1. The molecule has 1 amide bonds. The van der Waals surface area contributed by atoms with E-state index in [0.717, 1.165) is 67.5 Å². The van der Waals surface area contributed by atoms with E-state index in [1.165, 1.54) is 0 Å². The Morgan fingerprint density at radius 2 is 2.03 bits per heavy atom. The average molecular weight is 561 g/mol. The largest absolute Gasteiger partial charge is 0.508 e. The highest BCUT2D eigenvalue weighted by molar-refractivity contribution is 6.42. The number of fused-ring (bicyclic) bond motifs is 1. The van der Waals surface area contributed by atoms with Gasteiger partial charge >= 0.3 is 0 Å². The van der Waals surface area contributed by atoms with Gasteiger partial charge in [0.1, 0.15) is 17.9 Å². The minimum Gasteiger partial charge on any atom is -0.508 e. The van der Waals surface area contributed by atoms with Crippen LogP contribution in [0.1, 0.15) is 50.7 Å². The number of ether oxygens (including phenoxy) is 1. The maximum atomic E-state index is 13.1. The minimum absolute atomic E-state index is 0.000370. The number of methoxy groups -OCH3 is 1. The lowest BCUT2D eigenvalue weighted by Gasteiger charge is -2.62. The zero-order valence-electron chi connectivity index (χ0n) is 22.8. The summed E-state index contributed by atoms with van der Waals surface area (Å²) in [7, 11) is 1.84. The van der Waals surface area contributed by atoms with Gasteiger partial charge in [-0.2, -0.15) is 0 Å². The number of nitrogens with zero attached hydrogens (tertiary/aromatic N) is 1. The smallest absolute Gasteiger partial charge is 0.224 e. The molecule has 0 spiro atoms. The maximum absolute atomic E-state index is 13.1. The van der Waals surface area contributed by atoms with Gasteiger partial charge in [0.15, 0.2) is 0 Å². The standard InChI is InChI=1S/C31H40Cl2N2O3/c1-5-14-35(20-22(2)3)15-13-30(24-7-6-8-26(36)18-24)19-25(11-12-31(30,21-35)38-4)34-29(37)17-23-9-10-27(32)28(33)16-23/h5-10,16,18,22,25H,1,11-15,17,19-21H2,2-4H3,(H-,34,36,37)/p+1/t25-,30-,31?,35+/m1/s1. The van der Waals surface area contributed by atoms with Crippen LogP contribution in [0.4, 0.5) is 0 Å². The number of amides is 1. The van der Waals surface area contributed by atoms with Gasteiger partial charge in [-0.05, 0) is 60.7 Å². The van der Waals surface area contributed by atoms with Crippen LogP contribution in [0.25, 0.3) is 0 Å². The first kappa shape index (κ1) is 28.9. The normalized spacial score (nSPS) is 29.1. The zero-order chi connectivity index (χ0) is 27.6. The van der Waals surface area contributed by atoms with Crippen LogP contribution in [0, 0.1) is 5.92 Å². The van der Waals surface area contributed by atoms with E-state index >= 15 is 0 Å². The summed E-state index contributed by atoms with van der Waals surface area (Å²) >= 11 is 12.2. The van der Waals surface area contributed by atoms with Gasteiger partial charge in [-0.15, -0.1) is 0 Å². The van der Waals surface area contributed by atoms with E-state index in [9.17, 15) is 9.90 Å². The van der Waals surface area contributed by atoms with Crippen molar-refractivity contribution >= 4 is 29.1 Å². The van der Waals surface area contributed by atoms with Crippen LogP contribution in [-0.2, 0) is 21.4 Å². The number of rotatable bonds is 9. The molecule has 0 radical (unpaired) electrons. The zero-order valence-corrected chi connectivity index (χ0v) is 24.3. The maximum Gasteiger partial charge on any atom is 0.224 e. The van der Waals surface area contributed by atoms with Crippen LogP contribution in [-0.4, -0.2) is 60.4 Å². The van der Waals surface area contributed by atoms with E-state index < -0.39 is 5.60 Å². The van der Waals surface area contributed by atoms with E-state index in [1.807, 2.05) is 31.4 Å². The lowest BCUT2D eigenvalue weighted by atomic mass is 9.54. The van der Waals surface area contributed by atoms with Crippen molar-refractivity contribution < 1.29 is 19.1 Å². The molecule has 2 fully saturated rings. The molecule has 2 aromatic rings. The first-order valence-electron chi connectivity index (χ1n) is 13.6. The molecule has 1 heterocycles. The van der Waals surface area contributed by atoms with Crippen molar-refractivity contribution in [2.75, 3.05) is 33.3 Å². The molecule has 4 rings (SSSR count). The van der Waals surface area contributed by atoms with Crippen molar-refractivity contribution in [1.82, 2.24) is 5.32 Å². The molecule has 0 aromatic heterocycles. The number of nitrogens with one attached hydrogen (secondary N) is 1. The molecule has 1 aliphatic carbocycles. The molecule has 4 atom stereocenters. The molecule has 2 N–H and O–H groups in total. The Hall–Kier alpha value is -2.05. The number of hydrogen-bond donors (Lipinski definition) is 2. The second-order valence-corrected chi connectivity index (χ2v) is 12.6. The SMILES string of the molecule is C=CC[N@@+]1(CC(C)C)CC[C@]2(c3cccc(O)c3)C[C@H](NC(=O)Cc3ccc(Cl)c(Cl)c3)CCC2(OC)C1. The third kappa shape index (κ3) is 5.77. The van der Waals surface area contributed by atoms with Crippen LogP contribution < -0.4 is 5.32 Å². The van der Waals surface area contributed by atoms with Gasteiger partial charge < -0.3 is 19.6 Å². The van der Waals surface area contributed by atoms with E-state index in [1.54, 1.807) is 18.2 Å². The van der Waals surface area contributed by atoms with Crippen LogP contribution in [0.5, 0.6) is 5.75 Å². The summed E-state index contributed by atoms with van der Waals surface area (Å²) in [5.41, 5.74) is 1.17. The summed E-state index contributed by atoms with van der Waals surface area (Å²) in [6.45, 7) is 12.5. The molecule has 206 valence electrons. The average Bonchev–Trinajstić information content (AvgIpc) is 2.86. The summed E-state index contributed by atoms with van der Waals surface area (Å²) in [5, 5.41) is 14.7. The second kappa shape index (κ2) is 11.6. The third-order valence-corrected chi connectivity index (χ3v) is 9.48. The monoisotopic (exact) mass is 559 g/mol. The lowest BCUT2D eigenvalue weighted by Crippen LogP contribution is -2.73. The number of phenols is 1. The molecule has 1 aliphatic heterocycles. The Labute approximate surface area is 237 Å². The van der Waals surface area contributed by atoms with E-state index in [0.29, 0.717) is 16.0 Å². The van der Waals surface area contributed by atoms with Gasteiger partial charge in [-0.1, -0.05) is 61.8 Å². The number of halogens is 2. The third-order valence-electron chi connectivity index (χ3n) is 8.74. The first-order chi connectivity index (χ1) is 18.1. The molecule has 0 bridgehead atoms. The van der Waals surface area contributed by atoms with Gasteiger partial charge in [0.2, 0.25) is 5.91 Å². The highest BCUT2D eigenvalue weighted by atomic mass is 35.5. The summed E-state index contributed by atoms with van der Waals surface area (Å²) in [4.78, 5) is 13.1. The number of benzene rings is 2. The number of aromatic hydroxyl groups is 1. The molecule has 2 aromatic carbocycles. The lowest BCUT2D eigenvalue weighted by molar-refractivity contribution is -0.938. The highest BCUT2D eigenvalue weighted by Crippen LogP contribution is 2.55. The Morgan fingerprint density at radius 3 is 2.68 bits per heavy atom. The minimum atomic E-state index is -0.415. The second-order valence-electron chi connectivity index (χ2n) is 11.8. The summed E-state index contributed by atoms with van der Waals surface area (Å²) in [6.07, 6.45) is 5.61. The molecule has 2 aliphatic rings. The van der Waals surface area contributed by atoms with E-state index in [-0.39, 0.29) is 29.5 Å². The van der Waals surface area contributed by atoms with Crippen molar-refractivity contribution in [1.29, 1.82) is 0 Å². The van der Waals surface area contributed by atoms with Crippen molar-refractivity contribution in [3.8, 4) is 5.75 Å². The fraction of sp³-hybridized carbons (Fsp3) is 0.516. The quantitative estimate of drug-likeness (QED) is 0.280. The Bertz CT molecular complexity index is 1170. The number of piperidine rings is 1. The molecule has 1 saturated carbocycles.